The minimum Gasteiger partial charge on any atom is -0.384 e. The van der Waals surface area contributed by atoms with Crippen LogP contribution in [0.5, 0.6) is 0 Å². The van der Waals surface area contributed by atoms with E-state index in [9.17, 15) is 13.2 Å². The van der Waals surface area contributed by atoms with Crippen molar-refractivity contribution >= 4 is 21.6 Å². The zero-order valence-corrected chi connectivity index (χ0v) is 12.4. The van der Waals surface area contributed by atoms with E-state index in [4.69, 9.17) is 0 Å². The number of benzene rings is 1. The lowest BCUT2D eigenvalue weighted by Crippen LogP contribution is -2.35. The number of rotatable bonds is 4. The molecule has 1 saturated carbocycles. The summed E-state index contributed by atoms with van der Waals surface area (Å²) in [7, 11) is 0. The van der Waals surface area contributed by atoms with Gasteiger partial charge in [-0.3, -0.25) is 0 Å². The van der Waals surface area contributed by atoms with E-state index in [2.05, 4.69) is 28.2 Å². The lowest BCUT2D eigenvalue weighted by Gasteiger charge is -2.41. The van der Waals surface area contributed by atoms with Crippen LogP contribution in [0.3, 0.4) is 0 Å². The van der Waals surface area contributed by atoms with Crippen molar-refractivity contribution in [1.29, 1.82) is 0 Å². The normalized spacial score (nSPS) is 17.9. The second kappa shape index (κ2) is 5.35. The van der Waals surface area contributed by atoms with Crippen molar-refractivity contribution in [2.75, 3.05) is 11.9 Å². The summed E-state index contributed by atoms with van der Waals surface area (Å²) in [6.07, 6.45) is 0.477. The van der Waals surface area contributed by atoms with Crippen LogP contribution >= 0.6 is 15.9 Å². The van der Waals surface area contributed by atoms with Gasteiger partial charge in [0, 0.05) is 16.7 Å². The Balaban J connectivity index is 2.05. The number of anilines is 1. The van der Waals surface area contributed by atoms with Crippen LogP contribution in [-0.4, -0.2) is 6.54 Å². The van der Waals surface area contributed by atoms with Gasteiger partial charge >= 0.3 is 6.18 Å². The van der Waals surface area contributed by atoms with E-state index in [1.807, 2.05) is 0 Å². The van der Waals surface area contributed by atoms with Crippen LogP contribution in [0.25, 0.3) is 0 Å². The van der Waals surface area contributed by atoms with Gasteiger partial charge in [0.1, 0.15) is 0 Å². The highest BCUT2D eigenvalue weighted by Gasteiger charge is 2.35. The standard InChI is InChI=1S/C14H17BrF3N/c1-2-13(6-3-7-13)9-19-12-5-4-10(8-11(12)15)14(16,17)18/h4-5,8,19H,2-3,6-7,9H2,1H3. The van der Waals surface area contributed by atoms with E-state index in [0.29, 0.717) is 9.89 Å². The van der Waals surface area contributed by atoms with Gasteiger partial charge in [0.25, 0.3) is 0 Å². The second-order valence-corrected chi connectivity index (χ2v) is 6.11. The Morgan fingerprint density at radius 3 is 2.42 bits per heavy atom. The summed E-state index contributed by atoms with van der Waals surface area (Å²) >= 11 is 3.21. The fraction of sp³-hybridized carbons (Fsp3) is 0.571. The van der Waals surface area contributed by atoms with Crippen molar-refractivity contribution < 1.29 is 13.2 Å². The molecule has 1 aromatic carbocycles. The topological polar surface area (TPSA) is 12.0 Å². The summed E-state index contributed by atoms with van der Waals surface area (Å²) in [5.41, 5.74) is 0.439. The number of hydrogen-bond acceptors (Lipinski definition) is 1. The smallest absolute Gasteiger partial charge is 0.384 e. The summed E-state index contributed by atoms with van der Waals surface area (Å²) in [4.78, 5) is 0. The lowest BCUT2D eigenvalue weighted by molar-refractivity contribution is -0.137. The molecule has 0 atom stereocenters. The third kappa shape index (κ3) is 3.25. The molecule has 0 unspecified atom stereocenters. The molecular formula is C14H17BrF3N. The van der Waals surface area contributed by atoms with E-state index in [-0.39, 0.29) is 0 Å². The Bertz CT molecular complexity index is 447. The van der Waals surface area contributed by atoms with Crippen molar-refractivity contribution in [2.24, 2.45) is 5.41 Å². The first-order valence-electron chi connectivity index (χ1n) is 6.47. The molecule has 0 amide bonds. The predicted octanol–water partition coefficient (Wildman–Crippen LogP) is 5.46. The molecule has 0 aliphatic heterocycles. The Hall–Kier alpha value is -0.710. The van der Waals surface area contributed by atoms with Crippen LogP contribution in [-0.2, 0) is 6.18 Å². The maximum Gasteiger partial charge on any atom is 0.416 e. The number of alkyl halides is 3. The molecule has 1 aromatic rings. The van der Waals surface area contributed by atoms with Crippen LogP contribution < -0.4 is 5.32 Å². The average molecular weight is 336 g/mol. The fourth-order valence-electron chi connectivity index (χ4n) is 2.45. The van der Waals surface area contributed by atoms with Crippen LogP contribution in [0, 0.1) is 5.41 Å². The van der Waals surface area contributed by atoms with E-state index in [1.54, 1.807) is 0 Å². The average Bonchev–Trinajstić information content (AvgIpc) is 2.28. The second-order valence-electron chi connectivity index (χ2n) is 5.25. The Morgan fingerprint density at radius 1 is 1.32 bits per heavy atom. The highest BCUT2D eigenvalue weighted by atomic mass is 79.9. The Kier molecular flexibility index (Phi) is 4.14. The molecule has 1 aliphatic rings. The van der Waals surface area contributed by atoms with Gasteiger partial charge in [0.2, 0.25) is 0 Å². The molecule has 5 heteroatoms. The van der Waals surface area contributed by atoms with Gasteiger partial charge in [-0.05, 0) is 58.8 Å². The maximum atomic E-state index is 12.6. The summed E-state index contributed by atoms with van der Waals surface area (Å²) < 4.78 is 38.1. The summed E-state index contributed by atoms with van der Waals surface area (Å²) in [6.45, 7) is 3.00. The number of halogens is 4. The molecular weight excluding hydrogens is 319 g/mol. The quantitative estimate of drug-likeness (QED) is 0.770. The summed E-state index contributed by atoms with van der Waals surface area (Å²) in [5, 5.41) is 3.27. The number of nitrogens with one attached hydrogen (secondary N) is 1. The largest absolute Gasteiger partial charge is 0.416 e. The van der Waals surface area contributed by atoms with Gasteiger partial charge in [-0.2, -0.15) is 13.2 Å². The Labute approximate surface area is 119 Å². The molecule has 1 aliphatic carbocycles. The van der Waals surface area contributed by atoms with Gasteiger partial charge in [-0.25, -0.2) is 0 Å². The van der Waals surface area contributed by atoms with Crippen LogP contribution in [0.15, 0.2) is 22.7 Å². The maximum absolute atomic E-state index is 12.6. The zero-order chi connectivity index (χ0) is 14.1. The molecule has 0 aromatic heterocycles. The molecule has 0 saturated heterocycles. The van der Waals surface area contributed by atoms with Gasteiger partial charge in [-0.1, -0.05) is 13.3 Å². The zero-order valence-electron chi connectivity index (χ0n) is 10.8. The minimum atomic E-state index is -4.29. The highest BCUT2D eigenvalue weighted by molar-refractivity contribution is 9.10. The minimum absolute atomic E-state index is 0.335. The summed E-state index contributed by atoms with van der Waals surface area (Å²) in [5.74, 6) is 0. The van der Waals surface area contributed by atoms with Gasteiger partial charge in [0.05, 0.1) is 5.56 Å². The third-order valence-corrected chi connectivity index (χ3v) is 4.77. The molecule has 0 bridgehead atoms. The molecule has 1 nitrogen and oxygen atoms in total. The van der Waals surface area contributed by atoms with E-state index >= 15 is 0 Å². The molecule has 106 valence electrons. The first-order valence-corrected chi connectivity index (χ1v) is 7.26. The molecule has 2 rings (SSSR count). The van der Waals surface area contributed by atoms with Crippen molar-refractivity contribution in [2.45, 2.75) is 38.8 Å². The van der Waals surface area contributed by atoms with Crippen LogP contribution in [0.1, 0.15) is 38.2 Å². The molecule has 0 heterocycles. The SMILES string of the molecule is CCC1(CNc2ccc(C(F)(F)F)cc2Br)CCC1. The van der Waals surface area contributed by atoms with E-state index in [0.717, 1.165) is 30.8 Å². The van der Waals surface area contributed by atoms with Crippen molar-refractivity contribution in [3.05, 3.63) is 28.2 Å². The summed E-state index contributed by atoms with van der Waals surface area (Å²) in [6, 6.07) is 3.74. The highest BCUT2D eigenvalue weighted by Crippen LogP contribution is 2.44. The molecule has 19 heavy (non-hydrogen) atoms. The first kappa shape index (κ1) is 14.7. The molecule has 1 fully saturated rings. The van der Waals surface area contributed by atoms with Crippen molar-refractivity contribution in [1.82, 2.24) is 0 Å². The Morgan fingerprint density at radius 2 is 2.00 bits per heavy atom. The van der Waals surface area contributed by atoms with E-state index < -0.39 is 11.7 Å². The fourth-order valence-corrected chi connectivity index (χ4v) is 2.97. The van der Waals surface area contributed by atoms with Crippen molar-refractivity contribution in [3.63, 3.8) is 0 Å². The lowest BCUT2D eigenvalue weighted by atomic mass is 9.67. The monoisotopic (exact) mass is 335 g/mol. The first-order chi connectivity index (χ1) is 8.86. The predicted molar refractivity (Wildman–Crippen MR) is 74.2 cm³/mol. The van der Waals surface area contributed by atoms with Crippen LogP contribution in [0.2, 0.25) is 0 Å². The van der Waals surface area contributed by atoms with E-state index in [1.165, 1.54) is 25.3 Å². The molecule has 0 spiro atoms. The third-order valence-electron chi connectivity index (χ3n) is 4.11. The van der Waals surface area contributed by atoms with Crippen molar-refractivity contribution in [3.8, 4) is 0 Å². The molecule has 1 N–H and O–H groups in total. The van der Waals surface area contributed by atoms with Crippen LogP contribution in [0.4, 0.5) is 18.9 Å². The van der Waals surface area contributed by atoms with Gasteiger partial charge in [-0.15, -0.1) is 0 Å². The van der Waals surface area contributed by atoms with Gasteiger partial charge < -0.3 is 5.32 Å². The number of hydrogen-bond donors (Lipinski definition) is 1. The molecule has 0 radical (unpaired) electrons. The van der Waals surface area contributed by atoms with Gasteiger partial charge in [0.15, 0.2) is 0 Å².